The lowest BCUT2D eigenvalue weighted by molar-refractivity contribution is -0.156. The van der Waals surface area contributed by atoms with Crippen molar-refractivity contribution in [3.63, 3.8) is 0 Å². The molecule has 1 aromatic rings. The Balaban J connectivity index is 2.23. The number of hydrogen-bond acceptors (Lipinski definition) is 1. The number of rotatable bonds is 5. The summed E-state index contributed by atoms with van der Waals surface area (Å²) in [5, 5.41) is 0. The van der Waals surface area contributed by atoms with Crippen molar-refractivity contribution in [2.24, 2.45) is 0 Å². The fourth-order valence-electron chi connectivity index (χ4n) is 2.98. The molecule has 1 aromatic carbocycles. The van der Waals surface area contributed by atoms with Crippen molar-refractivity contribution >= 4 is 11.5 Å². The Bertz CT molecular complexity index is 589. The second-order valence-corrected chi connectivity index (χ2v) is 5.79. The summed E-state index contributed by atoms with van der Waals surface area (Å²) in [5.74, 6) is -4.42. The van der Waals surface area contributed by atoms with Crippen LogP contribution in [-0.4, -0.2) is 29.8 Å². The van der Waals surface area contributed by atoms with Gasteiger partial charge in [0, 0.05) is 19.5 Å². The molecule has 0 saturated carbocycles. The number of fused-ring (bicyclic) bond motifs is 1. The zero-order chi connectivity index (χ0) is 16.3. The van der Waals surface area contributed by atoms with Gasteiger partial charge in [-0.15, -0.1) is 0 Å². The number of allylic oxidation sites excluding steroid dienone is 2. The molecule has 1 aliphatic rings. The van der Waals surface area contributed by atoms with Crippen molar-refractivity contribution < 1.29 is 13.6 Å². The van der Waals surface area contributed by atoms with Crippen molar-refractivity contribution in [1.82, 2.24) is 4.90 Å². The third-order valence-electron chi connectivity index (χ3n) is 4.19. The van der Waals surface area contributed by atoms with Crippen LogP contribution in [0.25, 0.3) is 5.57 Å². The van der Waals surface area contributed by atoms with Crippen LogP contribution < -0.4 is 0 Å². The number of carbonyl (C=O) groups is 1. The van der Waals surface area contributed by atoms with Gasteiger partial charge in [0.25, 0.3) is 5.91 Å². The van der Waals surface area contributed by atoms with Crippen molar-refractivity contribution in [1.29, 1.82) is 0 Å². The first kappa shape index (κ1) is 16.7. The Hall–Kier alpha value is -1.71. The van der Waals surface area contributed by atoms with E-state index in [9.17, 15) is 13.6 Å². The summed E-state index contributed by atoms with van der Waals surface area (Å²) in [4.78, 5) is 13.2. The molecule has 22 heavy (non-hydrogen) atoms. The summed E-state index contributed by atoms with van der Waals surface area (Å²) in [7, 11) is 0. The fourth-order valence-corrected chi connectivity index (χ4v) is 2.98. The molecule has 1 amide bonds. The predicted octanol–water partition coefficient (Wildman–Crippen LogP) is 4.22. The Labute approximate surface area is 130 Å². The van der Waals surface area contributed by atoms with E-state index in [0.717, 1.165) is 29.5 Å². The third kappa shape index (κ3) is 3.37. The van der Waals surface area contributed by atoms with E-state index in [2.05, 4.69) is 0 Å². The van der Waals surface area contributed by atoms with Crippen LogP contribution in [-0.2, 0) is 11.2 Å². The minimum Gasteiger partial charge on any atom is -0.338 e. The molecule has 0 unspecified atom stereocenters. The Morgan fingerprint density at radius 1 is 1.27 bits per heavy atom. The largest absolute Gasteiger partial charge is 0.338 e. The van der Waals surface area contributed by atoms with Crippen LogP contribution >= 0.6 is 0 Å². The lowest BCUT2D eigenvalue weighted by Crippen LogP contribution is -2.43. The summed E-state index contributed by atoms with van der Waals surface area (Å²) in [6, 6.07) is 5.88. The van der Waals surface area contributed by atoms with Gasteiger partial charge < -0.3 is 4.90 Å². The molecule has 0 saturated heterocycles. The zero-order valence-electron chi connectivity index (χ0n) is 13.5. The van der Waals surface area contributed by atoms with Gasteiger partial charge in [-0.05, 0) is 50.3 Å². The Morgan fingerprint density at radius 3 is 2.59 bits per heavy atom. The monoisotopic (exact) mass is 307 g/mol. The zero-order valence-corrected chi connectivity index (χ0v) is 13.5. The number of hydrogen-bond donors (Lipinski definition) is 0. The van der Waals surface area contributed by atoms with Crippen LogP contribution in [0.3, 0.4) is 0 Å². The standard InChI is InChI=1S/C18H23F2NO/c1-4-21(5-2)17(22)18(19,20)12-15-8-6-7-14-11-13(3)9-10-16(14)15/h8-11H,4-7,12H2,1-3H3. The van der Waals surface area contributed by atoms with Crippen molar-refractivity contribution in [3.05, 3.63) is 41.0 Å². The number of halogens is 2. The minimum atomic E-state index is -3.35. The lowest BCUT2D eigenvalue weighted by Gasteiger charge is -2.27. The molecular weight excluding hydrogens is 284 g/mol. The van der Waals surface area contributed by atoms with Crippen LogP contribution in [0, 0.1) is 6.92 Å². The second kappa shape index (κ2) is 6.59. The van der Waals surface area contributed by atoms with Gasteiger partial charge in [-0.1, -0.05) is 29.8 Å². The van der Waals surface area contributed by atoms with E-state index in [4.69, 9.17) is 0 Å². The second-order valence-electron chi connectivity index (χ2n) is 5.79. The van der Waals surface area contributed by atoms with Gasteiger partial charge in [0.05, 0.1) is 0 Å². The van der Waals surface area contributed by atoms with E-state index in [1.165, 1.54) is 4.90 Å². The summed E-state index contributed by atoms with van der Waals surface area (Å²) >= 11 is 0. The number of nitrogens with zero attached hydrogens (tertiary/aromatic N) is 1. The number of benzene rings is 1. The quantitative estimate of drug-likeness (QED) is 0.797. The smallest absolute Gasteiger partial charge is 0.328 e. The van der Waals surface area contributed by atoms with Gasteiger partial charge in [-0.25, -0.2) is 0 Å². The molecule has 2 rings (SSSR count). The maximum absolute atomic E-state index is 14.4. The highest BCUT2D eigenvalue weighted by Crippen LogP contribution is 2.36. The van der Waals surface area contributed by atoms with Gasteiger partial charge in [-0.2, -0.15) is 8.78 Å². The summed E-state index contributed by atoms with van der Waals surface area (Å²) in [6.07, 6.45) is 2.96. The molecule has 0 N–H and O–H groups in total. The third-order valence-corrected chi connectivity index (χ3v) is 4.19. The highest BCUT2D eigenvalue weighted by Gasteiger charge is 2.42. The molecule has 120 valence electrons. The average Bonchev–Trinajstić information content (AvgIpc) is 2.48. The molecule has 0 heterocycles. The molecule has 0 aliphatic heterocycles. The number of amides is 1. The van der Waals surface area contributed by atoms with Gasteiger partial charge in [0.1, 0.15) is 0 Å². The molecular formula is C18H23F2NO. The van der Waals surface area contributed by atoms with Crippen LogP contribution in [0.1, 0.15) is 43.4 Å². The molecule has 2 nitrogen and oxygen atoms in total. The molecule has 0 spiro atoms. The van der Waals surface area contributed by atoms with Crippen LogP contribution in [0.2, 0.25) is 0 Å². The summed E-state index contributed by atoms with van der Waals surface area (Å²) in [5.41, 5.74) is 3.69. The summed E-state index contributed by atoms with van der Waals surface area (Å²) in [6.45, 7) is 6.04. The molecule has 0 atom stereocenters. The van der Waals surface area contributed by atoms with Crippen molar-refractivity contribution in [3.8, 4) is 0 Å². The highest BCUT2D eigenvalue weighted by molar-refractivity contribution is 5.86. The van der Waals surface area contributed by atoms with Gasteiger partial charge in [0.2, 0.25) is 0 Å². The first-order valence-corrected chi connectivity index (χ1v) is 7.85. The SMILES string of the molecule is CCN(CC)C(=O)C(F)(F)CC1=CCCc2cc(C)ccc21. The molecule has 4 heteroatoms. The van der Waals surface area contributed by atoms with Gasteiger partial charge >= 0.3 is 5.92 Å². The van der Waals surface area contributed by atoms with Crippen LogP contribution in [0.15, 0.2) is 24.3 Å². The first-order valence-electron chi connectivity index (χ1n) is 7.85. The fraction of sp³-hybridized carbons (Fsp3) is 0.500. The van der Waals surface area contributed by atoms with E-state index in [1.54, 1.807) is 13.8 Å². The van der Waals surface area contributed by atoms with E-state index in [0.29, 0.717) is 18.7 Å². The number of carbonyl (C=O) groups excluding carboxylic acids is 1. The molecule has 0 fully saturated rings. The topological polar surface area (TPSA) is 20.3 Å². The lowest BCUT2D eigenvalue weighted by atomic mass is 9.86. The molecule has 0 radical (unpaired) electrons. The number of alkyl halides is 2. The van der Waals surface area contributed by atoms with E-state index >= 15 is 0 Å². The average molecular weight is 307 g/mol. The van der Waals surface area contributed by atoms with Gasteiger partial charge in [0.15, 0.2) is 0 Å². The maximum atomic E-state index is 14.4. The minimum absolute atomic E-state index is 0.305. The van der Waals surface area contributed by atoms with E-state index in [-0.39, 0.29) is 0 Å². The number of aryl methyl sites for hydroxylation is 2. The van der Waals surface area contributed by atoms with Crippen molar-refractivity contribution in [2.75, 3.05) is 13.1 Å². The Kier molecular flexibility index (Phi) is 4.99. The first-order chi connectivity index (χ1) is 10.4. The highest BCUT2D eigenvalue weighted by atomic mass is 19.3. The molecule has 0 bridgehead atoms. The predicted molar refractivity (Wildman–Crippen MR) is 85.0 cm³/mol. The summed E-state index contributed by atoms with van der Waals surface area (Å²) < 4.78 is 28.7. The Morgan fingerprint density at radius 2 is 1.95 bits per heavy atom. The normalized spacial score (nSPS) is 14.3. The maximum Gasteiger partial charge on any atom is 0.328 e. The van der Waals surface area contributed by atoms with E-state index in [1.807, 2.05) is 31.2 Å². The van der Waals surface area contributed by atoms with Gasteiger partial charge in [-0.3, -0.25) is 4.79 Å². The van der Waals surface area contributed by atoms with Crippen LogP contribution in [0.4, 0.5) is 8.78 Å². The molecule has 1 aliphatic carbocycles. The van der Waals surface area contributed by atoms with E-state index < -0.39 is 18.3 Å². The molecule has 0 aromatic heterocycles. The van der Waals surface area contributed by atoms with Crippen LogP contribution in [0.5, 0.6) is 0 Å². The van der Waals surface area contributed by atoms with Crippen molar-refractivity contribution in [2.45, 2.75) is 46.0 Å².